The summed E-state index contributed by atoms with van der Waals surface area (Å²) in [6.45, 7) is 3.86. The van der Waals surface area contributed by atoms with Crippen molar-refractivity contribution < 1.29 is 14.3 Å². The normalized spacial score (nSPS) is 16.1. The van der Waals surface area contributed by atoms with Gasteiger partial charge in [-0.05, 0) is 45.0 Å². The highest BCUT2D eigenvalue weighted by Gasteiger charge is 2.26. The molecular formula is C16H20Cl2N2O3. The van der Waals surface area contributed by atoms with E-state index in [0.29, 0.717) is 48.3 Å². The molecule has 2 rings (SSSR count). The van der Waals surface area contributed by atoms with Gasteiger partial charge in [0.2, 0.25) is 5.91 Å². The predicted octanol–water partition coefficient (Wildman–Crippen LogP) is 3.21. The summed E-state index contributed by atoms with van der Waals surface area (Å²) in [5.74, 6) is -0.345. The Kier molecular flexibility index (Phi) is 6.69. The molecule has 1 aliphatic heterocycles. The Labute approximate surface area is 145 Å². The van der Waals surface area contributed by atoms with Gasteiger partial charge in [-0.3, -0.25) is 14.5 Å². The maximum Gasteiger partial charge on any atom is 0.309 e. The van der Waals surface area contributed by atoms with Crippen LogP contribution in [0, 0.1) is 5.92 Å². The summed E-state index contributed by atoms with van der Waals surface area (Å²) in [6, 6.07) is 5.10. The highest BCUT2D eigenvalue weighted by atomic mass is 35.5. The molecule has 0 unspecified atom stereocenters. The number of carbonyl (C=O) groups excluding carboxylic acids is 2. The molecule has 0 radical (unpaired) electrons. The molecule has 0 saturated carbocycles. The average Bonchev–Trinajstić information content (AvgIpc) is 2.53. The summed E-state index contributed by atoms with van der Waals surface area (Å²) in [5, 5.41) is 3.50. The van der Waals surface area contributed by atoms with Crippen molar-refractivity contribution in [2.45, 2.75) is 19.8 Å². The van der Waals surface area contributed by atoms with Gasteiger partial charge in [0.1, 0.15) is 0 Å². The first-order chi connectivity index (χ1) is 11.0. The molecule has 1 heterocycles. The number of piperidine rings is 1. The topological polar surface area (TPSA) is 58.6 Å². The summed E-state index contributed by atoms with van der Waals surface area (Å²) in [4.78, 5) is 25.8. The number of hydrogen-bond donors (Lipinski definition) is 1. The van der Waals surface area contributed by atoms with Gasteiger partial charge < -0.3 is 10.1 Å². The Morgan fingerprint density at radius 3 is 2.65 bits per heavy atom. The fourth-order valence-electron chi connectivity index (χ4n) is 2.58. The van der Waals surface area contributed by atoms with Crippen LogP contribution in [-0.2, 0) is 14.3 Å². The minimum absolute atomic E-state index is 0.0587. The molecule has 126 valence electrons. The number of esters is 1. The van der Waals surface area contributed by atoms with E-state index < -0.39 is 0 Å². The Balaban J connectivity index is 1.81. The van der Waals surface area contributed by atoms with Crippen molar-refractivity contribution in [2.24, 2.45) is 5.92 Å². The second-order valence-electron chi connectivity index (χ2n) is 5.45. The van der Waals surface area contributed by atoms with Crippen molar-refractivity contribution in [1.29, 1.82) is 0 Å². The molecule has 0 aromatic heterocycles. The number of nitrogens with one attached hydrogen (secondary N) is 1. The number of carbonyl (C=O) groups is 2. The molecule has 7 heteroatoms. The van der Waals surface area contributed by atoms with Gasteiger partial charge in [0.25, 0.3) is 0 Å². The molecule has 1 amide bonds. The van der Waals surface area contributed by atoms with Crippen LogP contribution in [0.2, 0.25) is 10.0 Å². The standard InChI is InChI=1S/C16H20Cl2N2O3/c1-2-23-16(22)11-6-8-20(9-7-11)10-14(21)19-13-5-3-4-12(17)15(13)18/h3-5,11H,2,6-10H2,1H3,(H,19,21). The number of benzene rings is 1. The van der Waals surface area contributed by atoms with Gasteiger partial charge in [-0.1, -0.05) is 29.3 Å². The number of nitrogens with zero attached hydrogens (tertiary/aromatic N) is 1. The second-order valence-corrected chi connectivity index (χ2v) is 6.24. The first-order valence-electron chi connectivity index (χ1n) is 7.64. The van der Waals surface area contributed by atoms with Gasteiger partial charge in [0.15, 0.2) is 0 Å². The summed E-state index contributed by atoms with van der Waals surface area (Å²) >= 11 is 12.0. The third-order valence-corrected chi connectivity index (χ3v) is 4.62. The van der Waals surface area contributed by atoms with E-state index in [-0.39, 0.29) is 24.3 Å². The molecule has 1 aromatic rings. The zero-order valence-corrected chi connectivity index (χ0v) is 14.5. The van der Waals surface area contributed by atoms with Crippen molar-refractivity contribution >= 4 is 40.8 Å². The smallest absolute Gasteiger partial charge is 0.309 e. The molecule has 0 aliphatic carbocycles. The first kappa shape index (κ1) is 18.0. The molecular weight excluding hydrogens is 339 g/mol. The molecule has 1 N–H and O–H groups in total. The van der Waals surface area contributed by atoms with Crippen molar-refractivity contribution in [1.82, 2.24) is 4.90 Å². The van der Waals surface area contributed by atoms with Crippen LogP contribution >= 0.6 is 23.2 Å². The van der Waals surface area contributed by atoms with Crippen LogP contribution in [-0.4, -0.2) is 43.0 Å². The Morgan fingerprint density at radius 1 is 1.30 bits per heavy atom. The minimum atomic E-state index is -0.149. The van der Waals surface area contributed by atoms with Crippen LogP contribution in [0.4, 0.5) is 5.69 Å². The number of halogens is 2. The number of ether oxygens (including phenoxy) is 1. The monoisotopic (exact) mass is 358 g/mol. The molecule has 5 nitrogen and oxygen atoms in total. The van der Waals surface area contributed by atoms with Crippen LogP contribution in [0.25, 0.3) is 0 Å². The molecule has 0 spiro atoms. The van der Waals surface area contributed by atoms with Gasteiger partial charge >= 0.3 is 5.97 Å². The zero-order valence-electron chi connectivity index (χ0n) is 13.0. The molecule has 1 saturated heterocycles. The highest BCUT2D eigenvalue weighted by Crippen LogP contribution is 2.29. The third-order valence-electron chi connectivity index (χ3n) is 3.80. The molecule has 0 atom stereocenters. The summed E-state index contributed by atoms with van der Waals surface area (Å²) in [6.07, 6.45) is 1.42. The fourth-order valence-corrected chi connectivity index (χ4v) is 2.93. The van der Waals surface area contributed by atoms with Crippen LogP contribution in [0.1, 0.15) is 19.8 Å². The molecule has 1 fully saturated rings. The largest absolute Gasteiger partial charge is 0.466 e. The lowest BCUT2D eigenvalue weighted by atomic mass is 9.97. The highest BCUT2D eigenvalue weighted by molar-refractivity contribution is 6.43. The average molecular weight is 359 g/mol. The van der Waals surface area contributed by atoms with Crippen LogP contribution < -0.4 is 5.32 Å². The predicted molar refractivity (Wildman–Crippen MR) is 90.9 cm³/mol. The van der Waals surface area contributed by atoms with E-state index in [2.05, 4.69) is 5.32 Å². The van der Waals surface area contributed by atoms with Gasteiger partial charge in [0, 0.05) is 0 Å². The fraction of sp³-hybridized carbons (Fsp3) is 0.500. The lowest BCUT2D eigenvalue weighted by Gasteiger charge is -2.30. The van der Waals surface area contributed by atoms with Gasteiger partial charge in [-0.25, -0.2) is 0 Å². The zero-order chi connectivity index (χ0) is 16.8. The number of hydrogen-bond acceptors (Lipinski definition) is 4. The quantitative estimate of drug-likeness (QED) is 0.821. The van der Waals surface area contributed by atoms with Crippen LogP contribution in [0.15, 0.2) is 18.2 Å². The number of amides is 1. The summed E-state index contributed by atoms with van der Waals surface area (Å²) in [5.41, 5.74) is 0.505. The van der Waals surface area contributed by atoms with E-state index in [0.717, 1.165) is 0 Å². The molecule has 23 heavy (non-hydrogen) atoms. The Hall–Kier alpha value is -1.30. The summed E-state index contributed by atoms with van der Waals surface area (Å²) in [7, 11) is 0. The first-order valence-corrected chi connectivity index (χ1v) is 8.39. The second kappa shape index (κ2) is 8.52. The van der Waals surface area contributed by atoms with Gasteiger partial charge in [-0.2, -0.15) is 0 Å². The van der Waals surface area contributed by atoms with Gasteiger partial charge in [-0.15, -0.1) is 0 Å². The number of rotatable bonds is 5. The van der Waals surface area contributed by atoms with Crippen LogP contribution in [0.3, 0.4) is 0 Å². The van der Waals surface area contributed by atoms with Crippen molar-refractivity contribution in [3.63, 3.8) is 0 Å². The lowest BCUT2D eigenvalue weighted by molar-refractivity contribution is -0.149. The third kappa shape index (κ3) is 5.09. The molecule has 0 bridgehead atoms. The maximum absolute atomic E-state index is 12.1. The van der Waals surface area contributed by atoms with E-state index in [9.17, 15) is 9.59 Å². The van der Waals surface area contributed by atoms with E-state index >= 15 is 0 Å². The molecule has 1 aromatic carbocycles. The molecule has 1 aliphatic rings. The van der Waals surface area contributed by atoms with Crippen molar-refractivity contribution in [3.8, 4) is 0 Å². The SMILES string of the molecule is CCOC(=O)C1CCN(CC(=O)Nc2cccc(Cl)c2Cl)CC1. The number of likely N-dealkylation sites (tertiary alicyclic amines) is 1. The van der Waals surface area contributed by atoms with E-state index in [1.165, 1.54) is 0 Å². The van der Waals surface area contributed by atoms with Crippen molar-refractivity contribution in [2.75, 3.05) is 31.6 Å². The number of anilines is 1. The Bertz CT molecular complexity index is 572. The lowest BCUT2D eigenvalue weighted by Crippen LogP contribution is -2.41. The van der Waals surface area contributed by atoms with E-state index in [1.54, 1.807) is 25.1 Å². The minimum Gasteiger partial charge on any atom is -0.466 e. The Morgan fingerprint density at radius 2 is 2.00 bits per heavy atom. The van der Waals surface area contributed by atoms with E-state index in [4.69, 9.17) is 27.9 Å². The van der Waals surface area contributed by atoms with Gasteiger partial charge in [0.05, 0.1) is 34.8 Å². The van der Waals surface area contributed by atoms with Crippen molar-refractivity contribution in [3.05, 3.63) is 28.2 Å². The summed E-state index contributed by atoms with van der Waals surface area (Å²) < 4.78 is 5.04. The maximum atomic E-state index is 12.1. The van der Waals surface area contributed by atoms with E-state index in [1.807, 2.05) is 4.90 Å². The van der Waals surface area contributed by atoms with Crippen LogP contribution in [0.5, 0.6) is 0 Å².